The maximum atomic E-state index is 12.7. The van der Waals surface area contributed by atoms with Gasteiger partial charge in [0.15, 0.2) is 17.1 Å². The first-order valence-corrected chi connectivity index (χ1v) is 9.85. The highest BCUT2D eigenvalue weighted by atomic mass is 32.1. The van der Waals surface area contributed by atoms with E-state index in [0.717, 1.165) is 21.7 Å². The van der Waals surface area contributed by atoms with Gasteiger partial charge in [-0.2, -0.15) is 5.10 Å². The first kappa shape index (κ1) is 18.3. The van der Waals surface area contributed by atoms with Crippen molar-refractivity contribution in [3.05, 3.63) is 69.9 Å². The number of para-hydroxylation sites is 1. The van der Waals surface area contributed by atoms with Gasteiger partial charge in [-0.15, -0.1) is 11.3 Å². The number of hydrogen-bond donors (Lipinski definition) is 1. The number of benzene rings is 1. The molecule has 1 unspecified atom stereocenters. The molecule has 1 N–H and O–H groups in total. The number of amides is 1. The Hall–Kier alpha value is -3.06. The summed E-state index contributed by atoms with van der Waals surface area (Å²) >= 11 is 1.65. The highest BCUT2D eigenvalue weighted by Gasteiger charge is 2.21. The summed E-state index contributed by atoms with van der Waals surface area (Å²) in [5.41, 5.74) is 2.58. The van der Waals surface area contributed by atoms with Crippen LogP contribution in [0.25, 0.3) is 11.0 Å². The van der Waals surface area contributed by atoms with Crippen molar-refractivity contribution >= 4 is 28.2 Å². The van der Waals surface area contributed by atoms with Gasteiger partial charge in [0, 0.05) is 22.5 Å². The minimum atomic E-state index is -0.263. The maximum absolute atomic E-state index is 12.7. The molecule has 0 bridgehead atoms. The summed E-state index contributed by atoms with van der Waals surface area (Å²) in [6.07, 6.45) is 0. The average Bonchev–Trinajstić information content (AvgIpc) is 3.41. The van der Waals surface area contributed by atoms with Crippen LogP contribution in [0.2, 0.25) is 0 Å². The van der Waals surface area contributed by atoms with Gasteiger partial charge in [-0.3, -0.25) is 9.48 Å². The van der Waals surface area contributed by atoms with Crippen molar-refractivity contribution in [3.63, 3.8) is 0 Å². The summed E-state index contributed by atoms with van der Waals surface area (Å²) in [5, 5.41) is 10.5. The molecule has 4 rings (SSSR count). The highest BCUT2D eigenvalue weighted by molar-refractivity contribution is 7.10. The van der Waals surface area contributed by atoms with E-state index in [0.29, 0.717) is 17.9 Å². The smallest absolute Gasteiger partial charge is 0.287 e. The minimum absolute atomic E-state index is 0.0726. The average molecular weight is 395 g/mol. The van der Waals surface area contributed by atoms with Crippen molar-refractivity contribution in [1.29, 1.82) is 0 Å². The van der Waals surface area contributed by atoms with Gasteiger partial charge in [0.25, 0.3) is 5.91 Å². The van der Waals surface area contributed by atoms with E-state index in [1.807, 2.05) is 54.2 Å². The van der Waals surface area contributed by atoms with Gasteiger partial charge < -0.3 is 14.5 Å². The molecule has 1 amide bonds. The molecule has 0 aliphatic carbocycles. The molecular weight excluding hydrogens is 374 g/mol. The Kier molecular flexibility index (Phi) is 4.92. The number of carbonyl (C=O) groups excluding carboxylic acids is 1. The third-order valence-corrected chi connectivity index (χ3v) is 5.59. The standard InChI is InChI=1S/C21H21N3O3S/c1-13-10-14(2)24(23-13)16(19-8-5-9-28-19)12-22-21(25)18-11-15-6-4-7-17(26-3)20(15)27-18/h4-11,16H,12H2,1-3H3,(H,22,25). The summed E-state index contributed by atoms with van der Waals surface area (Å²) in [4.78, 5) is 13.9. The van der Waals surface area contributed by atoms with Gasteiger partial charge in [-0.05, 0) is 43.5 Å². The van der Waals surface area contributed by atoms with Crippen LogP contribution in [0.5, 0.6) is 5.75 Å². The normalized spacial score (nSPS) is 12.2. The molecule has 0 aliphatic rings. The lowest BCUT2D eigenvalue weighted by Crippen LogP contribution is -2.31. The van der Waals surface area contributed by atoms with E-state index in [-0.39, 0.29) is 17.7 Å². The van der Waals surface area contributed by atoms with Crippen molar-refractivity contribution in [2.75, 3.05) is 13.7 Å². The summed E-state index contributed by atoms with van der Waals surface area (Å²) < 4.78 is 13.0. The van der Waals surface area contributed by atoms with Crippen LogP contribution in [0, 0.1) is 13.8 Å². The topological polar surface area (TPSA) is 69.3 Å². The van der Waals surface area contributed by atoms with Gasteiger partial charge in [0.1, 0.15) is 6.04 Å². The predicted octanol–water partition coefficient (Wildman–Crippen LogP) is 4.34. The van der Waals surface area contributed by atoms with E-state index in [1.54, 1.807) is 24.5 Å². The van der Waals surface area contributed by atoms with Crippen LogP contribution < -0.4 is 10.1 Å². The number of carbonyl (C=O) groups is 1. The van der Waals surface area contributed by atoms with Crippen molar-refractivity contribution in [1.82, 2.24) is 15.1 Å². The maximum Gasteiger partial charge on any atom is 0.287 e. The largest absolute Gasteiger partial charge is 0.493 e. The lowest BCUT2D eigenvalue weighted by atomic mass is 10.2. The number of hydrogen-bond acceptors (Lipinski definition) is 5. The van der Waals surface area contributed by atoms with E-state index in [4.69, 9.17) is 9.15 Å². The molecule has 1 atom stereocenters. The van der Waals surface area contributed by atoms with Crippen molar-refractivity contribution in [2.24, 2.45) is 0 Å². The van der Waals surface area contributed by atoms with Crippen molar-refractivity contribution in [3.8, 4) is 5.75 Å². The number of ether oxygens (including phenoxy) is 1. The molecule has 6 nitrogen and oxygen atoms in total. The number of aryl methyl sites for hydroxylation is 2. The van der Waals surface area contributed by atoms with Crippen LogP contribution >= 0.6 is 11.3 Å². The minimum Gasteiger partial charge on any atom is -0.493 e. The number of furan rings is 1. The summed E-state index contributed by atoms with van der Waals surface area (Å²) in [6.45, 7) is 4.40. The number of aromatic nitrogens is 2. The van der Waals surface area contributed by atoms with Crippen molar-refractivity contribution in [2.45, 2.75) is 19.9 Å². The third-order valence-electron chi connectivity index (χ3n) is 4.62. The Bertz CT molecular complexity index is 1110. The fraction of sp³-hybridized carbons (Fsp3) is 0.238. The summed E-state index contributed by atoms with van der Waals surface area (Å²) in [7, 11) is 1.58. The van der Waals surface area contributed by atoms with E-state index >= 15 is 0 Å². The number of methoxy groups -OCH3 is 1. The van der Waals surface area contributed by atoms with Gasteiger partial charge in [-0.1, -0.05) is 18.2 Å². The molecular formula is C21H21N3O3S. The fourth-order valence-electron chi connectivity index (χ4n) is 3.34. The molecule has 1 aromatic carbocycles. The lowest BCUT2D eigenvalue weighted by Gasteiger charge is -2.18. The molecule has 0 saturated carbocycles. The Morgan fingerprint density at radius 3 is 2.82 bits per heavy atom. The highest BCUT2D eigenvalue weighted by Crippen LogP contribution is 2.29. The van der Waals surface area contributed by atoms with Gasteiger partial charge in [-0.25, -0.2) is 0 Å². The Morgan fingerprint density at radius 2 is 2.14 bits per heavy atom. The van der Waals surface area contributed by atoms with Gasteiger partial charge >= 0.3 is 0 Å². The van der Waals surface area contributed by atoms with Crippen LogP contribution in [0.3, 0.4) is 0 Å². The second-order valence-corrected chi connectivity index (χ2v) is 7.58. The predicted molar refractivity (Wildman–Crippen MR) is 109 cm³/mol. The Morgan fingerprint density at radius 1 is 1.29 bits per heavy atom. The second-order valence-electron chi connectivity index (χ2n) is 6.60. The number of rotatable bonds is 6. The fourth-order valence-corrected chi connectivity index (χ4v) is 4.15. The molecule has 0 fully saturated rings. The van der Waals surface area contributed by atoms with Gasteiger partial charge in [0.05, 0.1) is 12.8 Å². The lowest BCUT2D eigenvalue weighted by molar-refractivity contribution is 0.0923. The molecule has 0 aliphatic heterocycles. The number of fused-ring (bicyclic) bond motifs is 1. The second kappa shape index (κ2) is 7.52. The molecule has 0 saturated heterocycles. The van der Waals surface area contributed by atoms with E-state index < -0.39 is 0 Å². The Labute approximate surface area is 166 Å². The van der Waals surface area contributed by atoms with E-state index in [9.17, 15) is 4.79 Å². The van der Waals surface area contributed by atoms with Crippen LogP contribution in [0.4, 0.5) is 0 Å². The molecule has 7 heteroatoms. The van der Waals surface area contributed by atoms with E-state index in [1.165, 1.54) is 0 Å². The molecule has 0 radical (unpaired) electrons. The molecule has 4 aromatic rings. The molecule has 3 aromatic heterocycles. The summed E-state index contributed by atoms with van der Waals surface area (Å²) in [6, 6.07) is 13.3. The van der Waals surface area contributed by atoms with Gasteiger partial charge in [0.2, 0.25) is 0 Å². The van der Waals surface area contributed by atoms with Crippen LogP contribution in [0.1, 0.15) is 32.9 Å². The first-order chi connectivity index (χ1) is 13.6. The molecule has 144 valence electrons. The van der Waals surface area contributed by atoms with Crippen LogP contribution in [0.15, 0.2) is 52.3 Å². The molecule has 0 spiro atoms. The van der Waals surface area contributed by atoms with Crippen LogP contribution in [-0.2, 0) is 0 Å². The SMILES string of the molecule is COc1cccc2cc(C(=O)NCC(c3cccs3)n3nc(C)cc3C)oc12. The quantitative estimate of drug-likeness (QED) is 0.527. The zero-order chi connectivity index (χ0) is 19.7. The zero-order valence-corrected chi connectivity index (χ0v) is 16.7. The Balaban J connectivity index is 1.57. The van der Waals surface area contributed by atoms with Crippen molar-refractivity contribution < 1.29 is 13.9 Å². The third kappa shape index (κ3) is 3.41. The molecule has 3 heterocycles. The molecule has 28 heavy (non-hydrogen) atoms. The number of nitrogens with one attached hydrogen (secondary N) is 1. The zero-order valence-electron chi connectivity index (χ0n) is 15.9. The monoisotopic (exact) mass is 395 g/mol. The summed E-state index contributed by atoms with van der Waals surface area (Å²) in [5.74, 6) is 0.606. The number of thiophene rings is 1. The number of nitrogens with zero attached hydrogens (tertiary/aromatic N) is 2. The van der Waals surface area contributed by atoms with Crippen LogP contribution in [-0.4, -0.2) is 29.3 Å². The first-order valence-electron chi connectivity index (χ1n) is 8.97. The van der Waals surface area contributed by atoms with E-state index in [2.05, 4.69) is 16.5 Å².